The van der Waals surface area contributed by atoms with E-state index in [0.29, 0.717) is 17.3 Å². The Labute approximate surface area is 112 Å². The average molecular weight is 281 g/mol. The molecule has 7 nitrogen and oxygen atoms in total. The van der Waals surface area contributed by atoms with E-state index in [9.17, 15) is 9.59 Å². The van der Waals surface area contributed by atoms with Gasteiger partial charge in [-0.1, -0.05) is 5.16 Å². The molecule has 1 heterocycles. The summed E-state index contributed by atoms with van der Waals surface area (Å²) < 4.78 is 0. The molecule has 0 aromatic carbocycles. The molecule has 0 saturated heterocycles. The molecule has 0 radical (unpaired) electrons. The van der Waals surface area contributed by atoms with Crippen molar-refractivity contribution in [2.24, 2.45) is 5.16 Å². The molecule has 0 spiro atoms. The molecule has 0 fully saturated rings. The maximum absolute atomic E-state index is 11.1. The molecular formula is C11H11N3O4S. The van der Waals surface area contributed by atoms with Crippen LogP contribution >= 0.6 is 11.3 Å². The smallest absolute Gasteiger partial charge is 0.360 e. The molecule has 0 bridgehead atoms. The lowest BCUT2D eigenvalue weighted by Gasteiger charge is -2.00. The second kappa shape index (κ2) is 6.10. The zero-order chi connectivity index (χ0) is 13.7. The highest BCUT2D eigenvalue weighted by Crippen LogP contribution is 2.20. The normalized spacial score (nSPS) is 14.9. The van der Waals surface area contributed by atoms with Crippen LogP contribution in [0.2, 0.25) is 0 Å². The first kappa shape index (κ1) is 13.2. The standard InChI is InChI=1S/C11H11N3O4S/c15-6-12-11-13-8(5-19-11)9(10(16)17)14-18-7-3-1-2-4-7/h3,5-6H,1-2,4H2,(H,16,17)(H,12,13,15)/b14-9-. The van der Waals surface area contributed by atoms with Crippen LogP contribution in [0.5, 0.6) is 0 Å². The lowest BCUT2D eigenvalue weighted by Crippen LogP contribution is -2.15. The Hall–Kier alpha value is -2.22. The predicted molar refractivity (Wildman–Crippen MR) is 69.0 cm³/mol. The fourth-order valence-corrected chi connectivity index (χ4v) is 2.18. The first-order valence-corrected chi connectivity index (χ1v) is 6.42. The molecule has 19 heavy (non-hydrogen) atoms. The van der Waals surface area contributed by atoms with Crippen molar-refractivity contribution >= 4 is 34.6 Å². The summed E-state index contributed by atoms with van der Waals surface area (Å²) in [5, 5.41) is 16.9. The van der Waals surface area contributed by atoms with E-state index in [1.807, 2.05) is 6.08 Å². The number of carbonyl (C=O) groups excluding carboxylic acids is 1. The molecule has 0 aliphatic heterocycles. The minimum absolute atomic E-state index is 0.153. The van der Waals surface area contributed by atoms with Crippen molar-refractivity contribution in [3.05, 3.63) is 22.9 Å². The minimum atomic E-state index is -1.23. The second-order valence-electron chi connectivity index (χ2n) is 3.70. The molecule has 1 aliphatic rings. The van der Waals surface area contributed by atoms with Gasteiger partial charge in [0.25, 0.3) is 0 Å². The van der Waals surface area contributed by atoms with Gasteiger partial charge in [-0.15, -0.1) is 11.3 Å². The van der Waals surface area contributed by atoms with Gasteiger partial charge in [-0.25, -0.2) is 9.78 Å². The first-order chi connectivity index (χ1) is 9.20. The zero-order valence-corrected chi connectivity index (χ0v) is 10.6. The third kappa shape index (κ3) is 3.38. The van der Waals surface area contributed by atoms with Crippen molar-refractivity contribution in [3.63, 3.8) is 0 Å². The van der Waals surface area contributed by atoms with Gasteiger partial charge in [-0.3, -0.25) is 4.79 Å². The summed E-state index contributed by atoms with van der Waals surface area (Å²) in [5.41, 5.74) is -0.136. The van der Waals surface area contributed by atoms with Gasteiger partial charge in [0.05, 0.1) is 0 Å². The highest BCUT2D eigenvalue weighted by atomic mass is 32.1. The Morgan fingerprint density at radius 1 is 1.63 bits per heavy atom. The summed E-state index contributed by atoms with van der Waals surface area (Å²) in [6.45, 7) is 0. The number of amides is 1. The Morgan fingerprint density at radius 3 is 3.11 bits per heavy atom. The van der Waals surface area contributed by atoms with E-state index < -0.39 is 5.97 Å². The minimum Gasteiger partial charge on any atom is -0.476 e. The highest BCUT2D eigenvalue weighted by Gasteiger charge is 2.18. The first-order valence-electron chi connectivity index (χ1n) is 5.54. The van der Waals surface area contributed by atoms with E-state index in [4.69, 9.17) is 9.94 Å². The number of allylic oxidation sites excluding steroid dienone is 2. The fourth-order valence-electron chi connectivity index (χ4n) is 1.52. The van der Waals surface area contributed by atoms with Crippen LogP contribution in [0.25, 0.3) is 0 Å². The lowest BCUT2D eigenvalue weighted by molar-refractivity contribution is -0.129. The van der Waals surface area contributed by atoms with Crippen LogP contribution < -0.4 is 5.32 Å². The number of hydrogen-bond donors (Lipinski definition) is 2. The van der Waals surface area contributed by atoms with Crippen molar-refractivity contribution in [2.45, 2.75) is 19.3 Å². The van der Waals surface area contributed by atoms with Crippen molar-refractivity contribution in [2.75, 3.05) is 5.32 Å². The number of nitrogens with zero attached hydrogens (tertiary/aromatic N) is 2. The average Bonchev–Trinajstić information content (AvgIpc) is 3.01. The Morgan fingerprint density at radius 2 is 2.47 bits per heavy atom. The number of rotatable bonds is 6. The van der Waals surface area contributed by atoms with Gasteiger partial charge in [0.1, 0.15) is 11.5 Å². The topological polar surface area (TPSA) is 101 Å². The number of hydrogen-bond acceptors (Lipinski definition) is 6. The third-order valence-electron chi connectivity index (χ3n) is 2.39. The molecular weight excluding hydrogens is 270 g/mol. The van der Waals surface area contributed by atoms with Crippen LogP contribution in [0.3, 0.4) is 0 Å². The van der Waals surface area contributed by atoms with E-state index >= 15 is 0 Å². The number of aliphatic carboxylic acids is 1. The molecule has 2 rings (SSSR count). The van der Waals surface area contributed by atoms with Crippen LogP contribution in [-0.4, -0.2) is 28.2 Å². The highest BCUT2D eigenvalue weighted by molar-refractivity contribution is 7.14. The van der Waals surface area contributed by atoms with Gasteiger partial charge >= 0.3 is 5.97 Å². The number of thiazole rings is 1. The van der Waals surface area contributed by atoms with Crippen molar-refractivity contribution in [1.29, 1.82) is 0 Å². The number of aromatic nitrogens is 1. The Kier molecular flexibility index (Phi) is 4.24. The number of carboxylic acids is 1. The van der Waals surface area contributed by atoms with E-state index in [1.54, 1.807) is 0 Å². The summed E-state index contributed by atoms with van der Waals surface area (Å²) in [6, 6.07) is 0. The van der Waals surface area contributed by atoms with Crippen molar-refractivity contribution in [3.8, 4) is 0 Å². The number of carbonyl (C=O) groups is 2. The largest absolute Gasteiger partial charge is 0.476 e. The number of nitrogens with one attached hydrogen (secondary N) is 1. The maximum atomic E-state index is 11.1. The molecule has 1 aliphatic carbocycles. The number of anilines is 1. The van der Waals surface area contributed by atoms with Crippen LogP contribution in [0.1, 0.15) is 25.0 Å². The summed E-state index contributed by atoms with van der Waals surface area (Å²) >= 11 is 1.11. The lowest BCUT2D eigenvalue weighted by atomic mass is 10.3. The molecule has 0 saturated carbocycles. The second-order valence-corrected chi connectivity index (χ2v) is 4.56. The van der Waals surface area contributed by atoms with Crippen LogP contribution in [-0.2, 0) is 14.4 Å². The molecule has 2 N–H and O–H groups in total. The quantitative estimate of drug-likeness (QED) is 0.468. The van der Waals surface area contributed by atoms with Crippen LogP contribution in [0.15, 0.2) is 22.4 Å². The van der Waals surface area contributed by atoms with Crippen molar-refractivity contribution in [1.82, 2.24) is 4.98 Å². The van der Waals surface area contributed by atoms with Gasteiger partial charge in [-0.05, 0) is 18.9 Å². The Bertz CT molecular complexity index is 550. The molecule has 100 valence electrons. The van der Waals surface area contributed by atoms with E-state index in [0.717, 1.165) is 30.6 Å². The predicted octanol–water partition coefficient (Wildman–Crippen LogP) is 1.58. The van der Waals surface area contributed by atoms with E-state index in [2.05, 4.69) is 15.5 Å². The summed E-state index contributed by atoms with van der Waals surface area (Å²) in [7, 11) is 0. The number of carboxylic acid groups (broad SMARTS) is 1. The zero-order valence-electron chi connectivity index (χ0n) is 9.83. The maximum Gasteiger partial charge on any atom is 0.360 e. The molecule has 0 atom stereocenters. The van der Waals surface area contributed by atoms with Crippen molar-refractivity contribution < 1.29 is 19.5 Å². The number of oxime groups is 1. The summed E-state index contributed by atoms with van der Waals surface area (Å²) in [4.78, 5) is 30.4. The molecule has 0 unspecified atom stereocenters. The molecule has 1 amide bonds. The van der Waals surface area contributed by atoms with Gasteiger partial charge < -0.3 is 15.3 Å². The molecule has 8 heteroatoms. The van der Waals surface area contributed by atoms with Gasteiger partial charge in [0, 0.05) is 11.8 Å². The third-order valence-corrected chi connectivity index (χ3v) is 3.16. The summed E-state index contributed by atoms with van der Waals surface area (Å²) in [5.74, 6) is -0.568. The van der Waals surface area contributed by atoms with E-state index in [-0.39, 0.29) is 11.4 Å². The molecule has 1 aromatic rings. The van der Waals surface area contributed by atoms with Gasteiger partial charge in [0.15, 0.2) is 5.13 Å². The SMILES string of the molecule is O=CNc1nc(/C(=N/OC2=CCCC2)C(=O)O)cs1. The Balaban J connectivity index is 2.15. The van der Waals surface area contributed by atoms with Crippen LogP contribution in [0.4, 0.5) is 5.13 Å². The fraction of sp³-hybridized carbons (Fsp3) is 0.273. The molecule has 1 aromatic heterocycles. The summed E-state index contributed by atoms with van der Waals surface area (Å²) in [6.07, 6.45) is 5.00. The van der Waals surface area contributed by atoms with Gasteiger partial charge in [0.2, 0.25) is 12.1 Å². The van der Waals surface area contributed by atoms with E-state index in [1.165, 1.54) is 5.38 Å². The van der Waals surface area contributed by atoms with Gasteiger partial charge in [-0.2, -0.15) is 0 Å². The van der Waals surface area contributed by atoms with Crippen LogP contribution in [0, 0.1) is 0 Å². The monoisotopic (exact) mass is 281 g/mol.